The van der Waals surface area contributed by atoms with Crippen molar-refractivity contribution in [3.63, 3.8) is 0 Å². The van der Waals surface area contributed by atoms with Gasteiger partial charge in [0, 0.05) is 23.7 Å². The van der Waals surface area contributed by atoms with Gasteiger partial charge in [-0.15, -0.1) is 0 Å². The molecule has 0 radical (unpaired) electrons. The fraction of sp³-hybridized carbons (Fsp3) is 0.259. The van der Waals surface area contributed by atoms with E-state index in [2.05, 4.69) is 0 Å². The Morgan fingerprint density at radius 3 is 2.45 bits per heavy atom. The summed E-state index contributed by atoms with van der Waals surface area (Å²) in [6.45, 7) is 5.11. The highest BCUT2D eigenvalue weighted by atomic mass is 35.5. The fourth-order valence-electron chi connectivity index (χ4n) is 4.03. The van der Waals surface area contributed by atoms with Crippen molar-refractivity contribution in [1.82, 2.24) is 0 Å². The van der Waals surface area contributed by atoms with Crippen LogP contribution in [0.4, 0.5) is 11.4 Å². The molecule has 4 rings (SSSR count). The molecule has 2 amide bonds. The molecule has 5 nitrogen and oxygen atoms in total. The van der Waals surface area contributed by atoms with Gasteiger partial charge in [-0.25, -0.2) is 0 Å². The van der Waals surface area contributed by atoms with Crippen LogP contribution in [-0.4, -0.2) is 31.5 Å². The summed E-state index contributed by atoms with van der Waals surface area (Å²) in [5.41, 5.74) is 3.06. The number of amides is 2. The number of hydrogen-bond acceptors (Lipinski definition) is 3. The van der Waals surface area contributed by atoms with Crippen LogP contribution in [0.5, 0.6) is 5.75 Å². The zero-order valence-corrected chi connectivity index (χ0v) is 19.6. The van der Waals surface area contributed by atoms with Gasteiger partial charge >= 0.3 is 0 Å². The van der Waals surface area contributed by atoms with Crippen molar-refractivity contribution in [1.29, 1.82) is 0 Å². The van der Waals surface area contributed by atoms with Gasteiger partial charge in [0.2, 0.25) is 5.91 Å². The number of ether oxygens (including phenoxy) is 1. The molecule has 1 unspecified atom stereocenters. The van der Waals surface area contributed by atoms with Crippen molar-refractivity contribution >= 4 is 34.8 Å². The lowest BCUT2D eigenvalue weighted by Crippen LogP contribution is -2.39. The smallest absolute Gasteiger partial charge is 0.258 e. The monoisotopic (exact) mass is 462 g/mol. The lowest BCUT2D eigenvalue weighted by molar-refractivity contribution is -0.121. The molecule has 0 bridgehead atoms. The van der Waals surface area contributed by atoms with Gasteiger partial charge in [-0.1, -0.05) is 48.9 Å². The minimum atomic E-state index is -0.329. The molecule has 1 aliphatic heterocycles. The molecule has 0 spiro atoms. The Labute approximate surface area is 199 Å². The van der Waals surface area contributed by atoms with Crippen LogP contribution >= 0.6 is 11.6 Å². The minimum absolute atomic E-state index is 0.00755. The van der Waals surface area contributed by atoms with Crippen molar-refractivity contribution in [2.75, 3.05) is 29.5 Å². The molecule has 0 aromatic heterocycles. The highest BCUT2D eigenvalue weighted by Gasteiger charge is 2.33. The molecule has 0 fully saturated rings. The number of hydrogen-bond donors (Lipinski definition) is 0. The van der Waals surface area contributed by atoms with Gasteiger partial charge in [0.1, 0.15) is 5.75 Å². The van der Waals surface area contributed by atoms with E-state index in [0.29, 0.717) is 36.7 Å². The van der Waals surface area contributed by atoms with Crippen LogP contribution in [0.15, 0.2) is 72.8 Å². The van der Waals surface area contributed by atoms with Crippen LogP contribution in [0, 0.1) is 12.8 Å². The van der Waals surface area contributed by atoms with Gasteiger partial charge in [0.15, 0.2) is 0 Å². The number of anilines is 2. The lowest BCUT2D eigenvalue weighted by Gasteiger charge is -2.25. The molecule has 3 aromatic rings. The van der Waals surface area contributed by atoms with Crippen LogP contribution in [-0.2, 0) is 4.79 Å². The van der Waals surface area contributed by atoms with Gasteiger partial charge in [-0.3, -0.25) is 9.59 Å². The second kappa shape index (κ2) is 10.1. The third-order valence-electron chi connectivity index (χ3n) is 5.80. The summed E-state index contributed by atoms with van der Waals surface area (Å²) in [5.74, 6) is 0.330. The van der Waals surface area contributed by atoms with Crippen molar-refractivity contribution in [2.45, 2.75) is 20.3 Å². The zero-order chi connectivity index (χ0) is 23.4. The highest BCUT2D eigenvalue weighted by molar-refractivity contribution is 6.31. The summed E-state index contributed by atoms with van der Waals surface area (Å²) < 4.78 is 5.87. The van der Waals surface area contributed by atoms with Crippen molar-refractivity contribution in [2.24, 2.45) is 5.92 Å². The van der Waals surface area contributed by atoms with E-state index in [1.807, 2.05) is 74.5 Å². The molecule has 1 atom stereocenters. The van der Waals surface area contributed by atoms with E-state index in [9.17, 15) is 9.59 Å². The van der Waals surface area contributed by atoms with Crippen molar-refractivity contribution in [3.8, 4) is 5.75 Å². The number of rotatable bonds is 6. The van der Waals surface area contributed by atoms with Gasteiger partial charge in [0.05, 0.1) is 23.9 Å². The summed E-state index contributed by atoms with van der Waals surface area (Å²) >= 11 is 6.08. The molecule has 0 aliphatic carbocycles. The number of carbonyl (C=O) groups excluding carboxylic acids is 2. The van der Waals surface area contributed by atoms with Gasteiger partial charge in [-0.2, -0.15) is 0 Å². The normalized spacial score (nSPS) is 15.7. The predicted molar refractivity (Wildman–Crippen MR) is 132 cm³/mol. The van der Waals surface area contributed by atoms with Gasteiger partial charge in [0.25, 0.3) is 5.91 Å². The SMILES string of the molecule is Cc1cc(OCCCN2C(=O)C(C)CN(C(=O)c3ccccc3)c3ccccc32)ccc1Cl. The third-order valence-corrected chi connectivity index (χ3v) is 6.22. The standard InChI is InChI=1S/C27H27ClN2O3/c1-19-17-22(13-14-23(19)28)33-16-8-15-29-24-11-6-7-12-25(24)30(18-20(2)26(29)31)27(32)21-9-4-3-5-10-21/h3-7,9-14,17,20H,8,15-16,18H2,1-2H3. The molecular weight excluding hydrogens is 436 g/mol. The van der Waals surface area contributed by atoms with E-state index < -0.39 is 0 Å². The summed E-state index contributed by atoms with van der Waals surface area (Å²) in [7, 11) is 0. The highest BCUT2D eigenvalue weighted by Crippen LogP contribution is 2.35. The molecule has 0 saturated heterocycles. The minimum Gasteiger partial charge on any atom is -0.494 e. The Morgan fingerprint density at radius 1 is 1.03 bits per heavy atom. The Balaban J connectivity index is 1.52. The summed E-state index contributed by atoms with van der Waals surface area (Å²) in [6.07, 6.45) is 0.654. The Morgan fingerprint density at radius 2 is 1.73 bits per heavy atom. The Hall–Kier alpha value is -3.31. The zero-order valence-electron chi connectivity index (χ0n) is 18.8. The molecule has 6 heteroatoms. The first kappa shape index (κ1) is 22.9. The summed E-state index contributed by atoms with van der Waals surface area (Å²) in [5, 5.41) is 0.706. The van der Waals surface area contributed by atoms with E-state index >= 15 is 0 Å². The maximum atomic E-state index is 13.3. The molecule has 1 aliphatic rings. The summed E-state index contributed by atoms with van der Waals surface area (Å²) in [4.78, 5) is 30.1. The van der Waals surface area contributed by atoms with E-state index in [-0.39, 0.29) is 17.7 Å². The molecule has 33 heavy (non-hydrogen) atoms. The topological polar surface area (TPSA) is 49.9 Å². The molecular formula is C27H27ClN2O3. The van der Waals surface area contributed by atoms with Crippen molar-refractivity contribution in [3.05, 3.63) is 88.9 Å². The quantitative estimate of drug-likeness (QED) is 0.438. The third kappa shape index (κ3) is 5.04. The molecule has 1 heterocycles. The van der Waals surface area contributed by atoms with Crippen LogP contribution in [0.2, 0.25) is 5.02 Å². The number of para-hydroxylation sites is 2. The number of fused-ring (bicyclic) bond motifs is 1. The van der Waals surface area contributed by atoms with Crippen molar-refractivity contribution < 1.29 is 14.3 Å². The molecule has 0 N–H and O–H groups in total. The van der Waals surface area contributed by atoms with Crippen LogP contribution < -0.4 is 14.5 Å². The first-order valence-electron chi connectivity index (χ1n) is 11.1. The van der Waals surface area contributed by atoms with Crippen LogP contribution in [0.1, 0.15) is 29.3 Å². The second-order valence-electron chi connectivity index (χ2n) is 8.27. The number of carbonyl (C=O) groups is 2. The first-order chi connectivity index (χ1) is 16.0. The number of halogens is 1. The Kier molecular flexibility index (Phi) is 6.99. The molecule has 3 aromatic carbocycles. The number of benzene rings is 3. The van der Waals surface area contributed by atoms with E-state index in [4.69, 9.17) is 16.3 Å². The maximum absolute atomic E-state index is 13.3. The van der Waals surface area contributed by atoms with Crippen LogP contribution in [0.25, 0.3) is 0 Å². The van der Waals surface area contributed by atoms with E-state index in [1.165, 1.54) is 0 Å². The number of aryl methyl sites for hydroxylation is 1. The van der Waals surface area contributed by atoms with Gasteiger partial charge in [-0.05, 0) is 61.4 Å². The number of nitrogens with zero attached hydrogens (tertiary/aromatic N) is 2. The van der Waals surface area contributed by atoms with E-state index in [0.717, 1.165) is 22.7 Å². The second-order valence-corrected chi connectivity index (χ2v) is 8.68. The average molecular weight is 463 g/mol. The molecule has 0 saturated carbocycles. The first-order valence-corrected chi connectivity index (χ1v) is 11.5. The van der Waals surface area contributed by atoms with Gasteiger partial charge < -0.3 is 14.5 Å². The summed E-state index contributed by atoms with van der Waals surface area (Å²) in [6, 6.07) is 22.4. The lowest BCUT2D eigenvalue weighted by atomic mass is 10.1. The van der Waals surface area contributed by atoms with E-state index in [1.54, 1.807) is 21.9 Å². The van der Waals surface area contributed by atoms with Crippen LogP contribution in [0.3, 0.4) is 0 Å². The fourth-order valence-corrected chi connectivity index (χ4v) is 4.15. The maximum Gasteiger partial charge on any atom is 0.258 e. The Bertz CT molecular complexity index is 1150. The predicted octanol–water partition coefficient (Wildman–Crippen LogP) is 5.75. The average Bonchev–Trinajstić information content (AvgIpc) is 2.94. The largest absolute Gasteiger partial charge is 0.494 e. The molecule has 170 valence electrons.